The van der Waals surface area contributed by atoms with Crippen molar-refractivity contribution in [3.8, 4) is 0 Å². The summed E-state index contributed by atoms with van der Waals surface area (Å²) in [6.45, 7) is 2.30. The van der Waals surface area contributed by atoms with Crippen molar-refractivity contribution in [1.29, 1.82) is 0 Å². The molecule has 1 fully saturated rings. The Labute approximate surface area is 98.4 Å². The van der Waals surface area contributed by atoms with Gasteiger partial charge in [0.05, 0.1) is 12.4 Å². The molecule has 1 aliphatic carbocycles. The molecular formula is C13H24O3. The van der Waals surface area contributed by atoms with Crippen LogP contribution in [0.4, 0.5) is 0 Å². The zero-order valence-electron chi connectivity index (χ0n) is 10.4. The first-order valence-corrected chi connectivity index (χ1v) is 6.21. The van der Waals surface area contributed by atoms with E-state index in [1.807, 2.05) is 13.0 Å². The highest BCUT2D eigenvalue weighted by Gasteiger charge is 2.24. The molecule has 2 atom stereocenters. The summed E-state index contributed by atoms with van der Waals surface area (Å²) in [5, 5.41) is 10.2. The lowest BCUT2D eigenvalue weighted by atomic mass is 9.81. The second-order valence-corrected chi connectivity index (χ2v) is 4.65. The zero-order chi connectivity index (χ0) is 11.8. The van der Waals surface area contributed by atoms with Crippen molar-refractivity contribution in [2.45, 2.75) is 45.1 Å². The van der Waals surface area contributed by atoms with Gasteiger partial charge in [0.2, 0.25) is 0 Å². The summed E-state index contributed by atoms with van der Waals surface area (Å²) in [5.74, 6) is 0.621. The average Bonchev–Trinajstić information content (AvgIpc) is 2.34. The van der Waals surface area contributed by atoms with Gasteiger partial charge >= 0.3 is 0 Å². The smallest absolute Gasteiger partial charge is 0.187 e. The minimum atomic E-state index is -0.234. The molecule has 0 unspecified atom stereocenters. The van der Waals surface area contributed by atoms with Gasteiger partial charge in [-0.2, -0.15) is 0 Å². The maximum Gasteiger partial charge on any atom is 0.187 e. The van der Waals surface area contributed by atoms with E-state index in [1.54, 1.807) is 13.4 Å². The van der Waals surface area contributed by atoms with E-state index in [-0.39, 0.29) is 18.8 Å². The van der Waals surface area contributed by atoms with Gasteiger partial charge in [-0.1, -0.05) is 26.2 Å². The number of aliphatic hydroxyl groups excluding tert-OH is 1. The zero-order valence-corrected chi connectivity index (χ0v) is 10.4. The lowest BCUT2D eigenvalue weighted by molar-refractivity contribution is 0.0170. The summed E-state index contributed by atoms with van der Waals surface area (Å²) in [4.78, 5) is 0. The molecule has 1 N–H and O–H groups in total. The Morgan fingerprint density at radius 2 is 2.00 bits per heavy atom. The third kappa shape index (κ3) is 4.54. The van der Waals surface area contributed by atoms with E-state index in [2.05, 4.69) is 0 Å². The lowest BCUT2D eigenvalue weighted by Crippen LogP contribution is -2.28. The molecule has 1 aliphatic rings. The topological polar surface area (TPSA) is 38.7 Å². The van der Waals surface area contributed by atoms with Gasteiger partial charge in [-0.05, 0) is 24.8 Å². The van der Waals surface area contributed by atoms with Crippen molar-refractivity contribution in [2.24, 2.45) is 11.8 Å². The van der Waals surface area contributed by atoms with Crippen LogP contribution in [0.5, 0.6) is 0 Å². The second-order valence-electron chi connectivity index (χ2n) is 4.65. The van der Waals surface area contributed by atoms with Crippen molar-refractivity contribution in [2.75, 3.05) is 13.9 Å². The van der Waals surface area contributed by atoms with Crippen LogP contribution in [0.2, 0.25) is 0 Å². The molecule has 0 aromatic carbocycles. The van der Waals surface area contributed by atoms with Gasteiger partial charge in [0, 0.05) is 13.0 Å². The van der Waals surface area contributed by atoms with Crippen molar-refractivity contribution in [3.63, 3.8) is 0 Å². The SMILES string of the molecule is COCO/C=C\[C@H](C)[C@H](O)C1CCCCC1. The van der Waals surface area contributed by atoms with E-state index in [0.29, 0.717) is 5.92 Å². The molecule has 0 aromatic heterocycles. The molecule has 16 heavy (non-hydrogen) atoms. The minimum absolute atomic E-state index is 0.153. The fourth-order valence-corrected chi connectivity index (χ4v) is 2.31. The lowest BCUT2D eigenvalue weighted by Gasteiger charge is -2.29. The Morgan fingerprint density at radius 3 is 2.62 bits per heavy atom. The van der Waals surface area contributed by atoms with E-state index in [1.165, 1.54) is 19.3 Å². The van der Waals surface area contributed by atoms with E-state index in [9.17, 15) is 5.11 Å². The van der Waals surface area contributed by atoms with E-state index in [0.717, 1.165) is 12.8 Å². The van der Waals surface area contributed by atoms with Gasteiger partial charge in [-0.15, -0.1) is 0 Å². The number of hydrogen-bond acceptors (Lipinski definition) is 3. The van der Waals surface area contributed by atoms with Gasteiger partial charge < -0.3 is 14.6 Å². The normalized spacial score (nSPS) is 22.2. The predicted octanol–water partition coefficient (Wildman–Crippen LogP) is 2.70. The van der Waals surface area contributed by atoms with Crippen LogP contribution in [0.25, 0.3) is 0 Å². The van der Waals surface area contributed by atoms with Crippen LogP contribution in [0.1, 0.15) is 39.0 Å². The molecule has 0 heterocycles. The van der Waals surface area contributed by atoms with Crippen LogP contribution < -0.4 is 0 Å². The fraction of sp³-hybridized carbons (Fsp3) is 0.846. The molecule has 0 aliphatic heterocycles. The van der Waals surface area contributed by atoms with Crippen LogP contribution in [0.3, 0.4) is 0 Å². The van der Waals surface area contributed by atoms with E-state index < -0.39 is 0 Å². The van der Waals surface area contributed by atoms with Crippen LogP contribution in [-0.2, 0) is 9.47 Å². The molecule has 1 rings (SSSR count). The Hall–Kier alpha value is -0.540. The molecule has 3 nitrogen and oxygen atoms in total. The van der Waals surface area contributed by atoms with Gasteiger partial charge in [0.25, 0.3) is 0 Å². The summed E-state index contributed by atoms with van der Waals surface area (Å²) >= 11 is 0. The third-order valence-corrected chi connectivity index (χ3v) is 3.34. The van der Waals surface area contributed by atoms with Crippen LogP contribution in [-0.4, -0.2) is 25.1 Å². The number of hydrogen-bond donors (Lipinski definition) is 1. The minimum Gasteiger partial charge on any atom is -0.475 e. The maximum atomic E-state index is 10.2. The molecule has 0 aromatic rings. The Balaban J connectivity index is 2.28. The molecule has 0 amide bonds. The van der Waals surface area contributed by atoms with Crippen molar-refractivity contribution in [3.05, 3.63) is 12.3 Å². The highest BCUT2D eigenvalue weighted by molar-refractivity contribution is 4.88. The van der Waals surface area contributed by atoms with E-state index in [4.69, 9.17) is 9.47 Å². The molecule has 0 spiro atoms. The number of ether oxygens (including phenoxy) is 2. The molecule has 94 valence electrons. The molecule has 3 heteroatoms. The van der Waals surface area contributed by atoms with E-state index >= 15 is 0 Å². The van der Waals surface area contributed by atoms with Gasteiger partial charge in [-0.25, -0.2) is 0 Å². The van der Waals surface area contributed by atoms with Crippen molar-refractivity contribution in [1.82, 2.24) is 0 Å². The highest BCUT2D eigenvalue weighted by Crippen LogP contribution is 2.29. The first-order chi connectivity index (χ1) is 7.75. The summed E-state index contributed by atoms with van der Waals surface area (Å²) in [5.41, 5.74) is 0. The van der Waals surface area contributed by atoms with Crippen LogP contribution in [0.15, 0.2) is 12.3 Å². The Morgan fingerprint density at radius 1 is 1.31 bits per heavy atom. The molecule has 0 radical (unpaired) electrons. The molecular weight excluding hydrogens is 204 g/mol. The molecule has 0 bridgehead atoms. The largest absolute Gasteiger partial charge is 0.475 e. The summed E-state index contributed by atoms with van der Waals surface area (Å²) < 4.78 is 9.84. The van der Waals surface area contributed by atoms with Gasteiger partial charge in [0.15, 0.2) is 6.79 Å². The monoisotopic (exact) mass is 228 g/mol. The quantitative estimate of drug-likeness (QED) is 0.431. The standard InChI is InChI=1S/C13H24O3/c1-11(8-9-16-10-15-2)13(14)12-6-4-3-5-7-12/h8-9,11-14H,3-7,10H2,1-2H3/b9-8-/t11-,13-/m0/s1. The summed E-state index contributed by atoms with van der Waals surface area (Å²) in [6.07, 6.45) is 9.48. The van der Waals surface area contributed by atoms with Gasteiger partial charge in [-0.3, -0.25) is 0 Å². The number of methoxy groups -OCH3 is 1. The number of aliphatic hydroxyl groups is 1. The second kappa shape index (κ2) is 7.69. The summed E-state index contributed by atoms with van der Waals surface area (Å²) in [6, 6.07) is 0. The fourth-order valence-electron chi connectivity index (χ4n) is 2.31. The Bertz CT molecular complexity index is 197. The van der Waals surface area contributed by atoms with Crippen molar-refractivity contribution >= 4 is 0 Å². The van der Waals surface area contributed by atoms with Gasteiger partial charge in [0.1, 0.15) is 0 Å². The first kappa shape index (κ1) is 13.5. The van der Waals surface area contributed by atoms with Crippen LogP contribution in [0, 0.1) is 11.8 Å². The predicted molar refractivity (Wildman–Crippen MR) is 63.8 cm³/mol. The maximum absolute atomic E-state index is 10.2. The molecule has 1 saturated carbocycles. The van der Waals surface area contributed by atoms with Crippen molar-refractivity contribution < 1.29 is 14.6 Å². The average molecular weight is 228 g/mol. The van der Waals surface area contributed by atoms with Crippen LogP contribution >= 0.6 is 0 Å². The highest BCUT2D eigenvalue weighted by atomic mass is 16.7. The third-order valence-electron chi connectivity index (χ3n) is 3.34. The number of rotatable bonds is 6. The summed E-state index contributed by atoms with van der Waals surface area (Å²) in [7, 11) is 1.59. The molecule has 0 saturated heterocycles. The first-order valence-electron chi connectivity index (χ1n) is 6.21. The Kier molecular flexibility index (Phi) is 6.50.